The standard InChI is InChI=1S/C20H21NO6/c1-13-7-6-8-14(2)19(13)27-12-18(23)26-11-17(22)21-20(24)15-9-4-5-10-16(15)25-3/h4-10H,11-12H2,1-3H3,(H,21,22,24). The second-order valence-corrected chi connectivity index (χ2v) is 5.75. The maximum Gasteiger partial charge on any atom is 0.344 e. The first-order valence-corrected chi connectivity index (χ1v) is 8.24. The molecule has 0 radical (unpaired) electrons. The Bertz CT molecular complexity index is 826. The van der Waals surface area contributed by atoms with Crippen LogP contribution in [0.2, 0.25) is 0 Å². The SMILES string of the molecule is COc1ccccc1C(=O)NC(=O)COC(=O)COc1c(C)cccc1C. The number of carbonyl (C=O) groups is 3. The predicted octanol–water partition coefficient (Wildman–Crippen LogP) is 2.19. The van der Waals surface area contributed by atoms with E-state index >= 15 is 0 Å². The van der Waals surface area contributed by atoms with Gasteiger partial charge in [-0.2, -0.15) is 0 Å². The molecule has 0 saturated heterocycles. The highest BCUT2D eigenvalue weighted by Crippen LogP contribution is 2.22. The number of carbonyl (C=O) groups excluding carboxylic acids is 3. The van der Waals surface area contributed by atoms with E-state index in [4.69, 9.17) is 14.2 Å². The van der Waals surface area contributed by atoms with E-state index in [0.29, 0.717) is 11.5 Å². The number of esters is 1. The Hall–Kier alpha value is -3.35. The molecular formula is C20H21NO6. The van der Waals surface area contributed by atoms with Crippen molar-refractivity contribution in [3.63, 3.8) is 0 Å². The molecule has 27 heavy (non-hydrogen) atoms. The van der Waals surface area contributed by atoms with Crippen LogP contribution in [0.1, 0.15) is 21.5 Å². The largest absolute Gasteiger partial charge is 0.496 e. The molecule has 7 heteroatoms. The average molecular weight is 371 g/mol. The predicted molar refractivity (Wildman–Crippen MR) is 97.8 cm³/mol. The molecule has 0 heterocycles. The molecule has 0 aromatic heterocycles. The number of hydrogen-bond acceptors (Lipinski definition) is 6. The highest BCUT2D eigenvalue weighted by atomic mass is 16.6. The second kappa shape index (κ2) is 9.38. The Labute approximate surface area is 157 Å². The molecule has 0 fully saturated rings. The third-order valence-electron chi connectivity index (χ3n) is 3.71. The van der Waals surface area contributed by atoms with Crippen LogP contribution in [0.4, 0.5) is 0 Å². The van der Waals surface area contributed by atoms with Gasteiger partial charge in [-0.3, -0.25) is 14.9 Å². The lowest BCUT2D eigenvalue weighted by Crippen LogP contribution is -2.34. The van der Waals surface area contributed by atoms with E-state index in [1.807, 2.05) is 32.0 Å². The summed E-state index contributed by atoms with van der Waals surface area (Å²) in [6.45, 7) is 2.81. The first-order chi connectivity index (χ1) is 12.9. The molecule has 142 valence electrons. The number of nitrogens with one attached hydrogen (secondary N) is 1. The molecule has 1 N–H and O–H groups in total. The van der Waals surface area contributed by atoms with Crippen LogP contribution in [0.25, 0.3) is 0 Å². The van der Waals surface area contributed by atoms with Crippen LogP contribution in [0, 0.1) is 13.8 Å². The van der Waals surface area contributed by atoms with E-state index < -0.39 is 24.4 Å². The highest BCUT2D eigenvalue weighted by Gasteiger charge is 2.16. The summed E-state index contributed by atoms with van der Waals surface area (Å²) in [5.74, 6) is -1.16. The first kappa shape index (κ1) is 20.0. The first-order valence-electron chi connectivity index (χ1n) is 8.24. The van der Waals surface area contributed by atoms with Crippen molar-refractivity contribution in [3.8, 4) is 11.5 Å². The number of rotatable bonds is 7. The summed E-state index contributed by atoms with van der Waals surface area (Å²) in [6.07, 6.45) is 0. The molecule has 0 unspecified atom stereocenters. The lowest BCUT2D eigenvalue weighted by molar-refractivity contribution is -0.150. The summed E-state index contributed by atoms with van der Waals surface area (Å²) < 4.78 is 15.4. The molecule has 2 amide bonds. The van der Waals surface area contributed by atoms with Crippen molar-refractivity contribution >= 4 is 17.8 Å². The number of imide groups is 1. The van der Waals surface area contributed by atoms with Crippen LogP contribution in [-0.4, -0.2) is 38.1 Å². The quantitative estimate of drug-likeness (QED) is 0.751. The van der Waals surface area contributed by atoms with Crippen LogP contribution >= 0.6 is 0 Å². The van der Waals surface area contributed by atoms with Crippen LogP contribution in [0.15, 0.2) is 42.5 Å². The van der Waals surface area contributed by atoms with Gasteiger partial charge in [0.25, 0.3) is 11.8 Å². The highest BCUT2D eigenvalue weighted by molar-refractivity contribution is 6.06. The van der Waals surface area contributed by atoms with Crippen molar-refractivity contribution in [2.24, 2.45) is 0 Å². The summed E-state index contributed by atoms with van der Waals surface area (Å²) in [5, 5.41) is 2.14. The Kier molecular flexibility index (Phi) is 6.93. The van der Waals surface area contributed by atoms with Gasteiger partial charge in [0.1, 0.15) is 11.5 Å². The maximum atomic E-state index is 12.1. The number of hydrogen-bond donors (Lipinski definition) is 1. The molecular weight excluding hydrogens is 350 g/mol. The van der Waals surface area contributed by atoms with E-state index in [-0.39, 0.29) is 12.2 Å². The van der Waals surface area contributed by atoms with Gasteiger partial charge in [-0.15, -0.1) is 0 Å². The van der Waals surface area contributed by atoms with E-state index in [1.54, 1.807) is 18.2 Å². The number of para-hydroxylation sites is 2. The van der Waals surface area contributed by atoms with E-state index in [9.17, 15) is 14.4 Å². The third kappa shape index (κ3) is 5.57. The molecule has 0 aliphatic heterocycles. The van der Waals surface area contributed by atoms with Gasteiger partial charge in [0.05, 0.1) is 12.7 Å². The van der Waals surface area contributed by atoms with E-state index in [1.165, 1.54) is 13.2 Å². The van der Waals surface area contributed by atoms with Crippen molar-refractivity contribution in [3.05, 3.63) is 59.2 Å². The van der Waals surface area contributed by atoms with Crippen LogP contribution in [0.3, 0.4) is 0 Å². The molecule has 0 atom stereocenters. The Balaban J connectivity index is 1.81. The number of ether oxygens (including phenoxy) is 3. The zero-order valence-electron chi connectivity index (χ0n) is 15.4. The maximum absolute atomic E-state index is 12.1. The molecule has 0 aliphatic carbocycles. The van der Waals surface area contributed by atoms with Gasteiger partial charge in [-0.25, -0.2) is 4.79 Å². The Morgan fingerprint density at radius 3 is 2.26 bits per heavy atom. The van der Waals surface area contributed by atoms with E-state index in [0.717, 1.165) is 11.1 Å². The summed E-state index contributed by atoms with van der Waals surface area (Å²) >= 11 is 0. The molecule has 2 rings (SSSR count). The van der Waals surface area contributed by atoms with Crippen molar-refractivity contribution in [1.29, 1.82) is 0 Å². The number of aryl methyl sites for hydroxylation is 2. The summed E-state index contributed by atoms with van der Waals surface area (Å²) in [7, 11) is 1.42. The van der Waals surface area contributed by atoms with Crippen molar-refractivity contribution in [1.82, 2.24) is 5.32 Å². The molecule has 0 bridgehead atoms. The summed E-state index contributed by atoms with van der Waals surface area (Å²) in [6, 6.07) is 12.1. The smallest absolute Gasteiger partial charge is 0.344 e. The van der Waals surface area contributed by atoms with Crippen LogP contribution in [-0.2, 0) is 14.3 Å². The molecule has 7 nitrogen and oxygen atoms in total. The monoisotopic (exact) mass is 371 g/mol. The minimum atomic E-state index is -0.744. The second-order valence-electron chi connectivity index (χ2n) is 5.75. The molecule has 0 saturated carbocycles. The minimum absolute atomic E-state index is 0.207. The lowest BCUT2D eigenvalue weighted by atomic mass is 10.1. The fraction of sp³-hybridized carbons (Fsp3) is 0.250. The zero-order valence-corrected chi connectivity index (χ0v) is 15.4. The molecule has 2 aromatic rings. The molecule has 2 aromatic carbocycles. The van der Waals surface area contributed by atoms with Crippen molar-refractivity contribution in [2.45, 2.75) is 13.8 Å². The van der Waals surface area contributed by atoms with Gasteiger partial charge < -0.3 is 14.2 Å². The Morgan fingerprint density at radius 1 is 0.926 bits per heavy atom. The fourth-order valence-electron chi connectivity index (χ4n) is 2.41. The van der Waals surface area contributed by atoms with Gasteiger partial charge in [0.2, 0.25) is 0 Å². The third-order valence-corrected chi connectivity index (χ3v) is 3.71. The molecule has 0 spiro atoms. The van der Waals surface area contributed by atoms with Crippen LogP contribution < -0.4 is 14.8 Å². The summed E-state index contributed by atoms with van der Waals surface area (Å²) in [5.41, 5.74) is 1.99. The van der Waals surface area contributed by atoms with Crippen molar-refractivity contribution < 1.29 is 28.6 Å². The number of methoxy groups -OCH3 is 1. The Morgan fingerprint density at radius 2 is 1.59 bits per heavy atom. The number of benzene rings is 2. The van der Waals surface area contributed by atoms with Gasteiger partial charge in [0, 0.05) is 0 Å². The normalized spacial score (nSPS) is 10.0. The number of amides is 2. The fourth-order valence-corrected chi connectivity index (χ4v) is 2.41. The average Bonchev–Trinajstić information content (AvgIpc) is 2.65. The van der Waals surface area contributed by atoms with Crippen LogP contribution in [0.5, 0.6) is 11.5 Å². The molecule has 0 aliphatic rings. The van der Waals surface area contributed by atoms with Crippen molar-refractivity contribution in [2.75, 3.05) is 20.3 Å². The van der Waals surface area contributed by atoms with Gasteiger partial charge in [0.15, 0.2) is 13.2 Å². The lowest BCUT2D eigenvalue weighted by Gasteiger charge is -2.11. The summed E-state index contributed by atoms with van der Waals surface area (Å²) in [4.78, 5) is 35.7. The van der Waals surface area contributed by atoms with Gasteiger partial charge in [-0.1, -0.05) is 30.3 Å². The van der Waals surface area contributed by atoms with E-state index in [2.05, 4.69) is 5.32 Å². The van der Waals surface area contributed by atoms with Gasteiger partial charge >= 0.3 is 5.97 Å². The van der Waals surface area contributed by atoms with Gasteiger partial charge in [-0.05, 0) is 37.1 Å². The minimum Gasteiger partial charge on any atom is -0.496 e. The topological polar surface area (TPSA) is 90.9 Å². The zero-order chi connectivity index (χ0) is 19.8.